The zero-order valence-electron chi connectivity index (χ0n) is 41.2. The normalized spacial score (nSPS) is 11.7. The van der Waals surface area contributed by atoms with Gasteiger partial charge in [0.15, 0.2) is 27.8 Å². The molecule has 0 aliphatic heterocycles. The van der Waals surface area contributed by atoms with Crippen molar-refractivity contribution in [1.29, 1.82) is 0 Å². The van der Waals surface area contributed by atoms with E-state index in [4.69, 9.17) is 15.0 Å². The zero-order chi connectivity index (χ0) is 50.0. The highest BCUT2D eigenvalue weighted by molar-refractivity contribution is 7.20. The molecule has 0 spiro atoms. The van der Waals surface area contributed by atoms with E-state index in [1.807, 2.05) is 0 Å². The summed E-state index contributed by atoms with van der Waals surface area (Å²) in [4.78, 5) is 16.3. The van der Waals surface area contributed by atoms with Crippen molar-refractivity contribution in [2.24, 2.45) is 0 Å². The molecule has 11 aromatic carbocycles. The molecule has 0 fully saturated rings. The van der Waals surface area contributed by atoms with E-state index in [0.29, 0.717) is 17.6 Å². The summed E-state index contributed by atoms with van der Waals surface area (Å²) >= 11 is 0. The first-order valence-electron chi connectivity index (χ1n) is 25.6. The zero-order valence-corrected chi connectivity index (χ0v) is 43.2. The minimum absolute atomic E-state index is 0.560. The van der Waals surface area contributed by atoms with Crippen LogP contribution in [-0.4, -0.2) is 35.7 Å². The van der Waals surface area contributed by atoms with Gasteiger partial charge in [0.05, 0.1) is 11.0 Å². The maximum atomic E-state index is 5.45. The molecule has 0 N–H and O–H groups in total. The summed E-state index contributed by atoms with van der Waals surface area (Å²) in [6.45, 7) is 0. The van der Waals surface area contributed by atoms with Crippen molar-refractivity contribution >= 4 is 79.4 Å². The first kappa shape index (κ1) is 45.5. The lowest BCUT2D eigenvalue weighted by molar-refractivity contribution is 0.953. The van der Waals surface area contributed by atoms with Crippen LogP contribution in [0.2, 0.25) is 0 Å². The maximum Gasteiger partial charge on any atom is 0.238 e. The van der Waals surface area contributed by atoms with Crippen LogP contribution in [0.3, 0.4) is 0 Å². The number of rotatable bonds is 12. The first-order chi connectivity index (χ1) is 37.2. The average Bonchev–Trinajstić information content (AvgIpc) is 3.84. The number of para-hydroxylation sites is 1. The molecule has 0 bridgehead atoms. The fourth-order valence-corrected chi connectivity index (χ4v) is 21.1. The van der Waals surface area contributed by atoms with E-state index < -0.39 is 16.1 Å². The maximum absolute atomic E-state index is 5.45. The number of nitrogens with zero attached hydrogens (tertiary/aromatic N) is 4. The largest absolute Gasteiger partial charge is 0.278 e. The lowest BCUT2D eigenvalue weighted by Crippen LogP contribution is -2.74. The van der Waals surface area contributed by atoms with Gasteiger partial charge in [-0.2, -0.15) is 9.97 Å². The van der Waals surface area contributed by atoms with Gasteiger partial charge in [-0.3, -0.25) is 4.57 Å². The molecule has 2 aromatic heterocycles. The fraction of sp³-hybridized carbons (Fsp3) is 0. The Labute approximate surface area is 439 Å². The van der Waals surface area contributed by atoms with Gasteiger partial charge in [-0.25, -0.2) is 4.98 Å². The third kappa shape index (κ3) is 7.95. The smallest absolute Gasteiger partial charge is 0.238 e. The summed E-state index contributed by atoms with van der Waals surface area (Å²) in [7, 11) is -5.56. The molecule has 0 radical (unpaired) electrons. The molecule has 4 nitrogen and oxygen atoms in total. The Hall–Kier alpha value is -9.34. The van der Waals surface area contributed by atoms with Crippen LogP contribution < -0.4 is 41.5 Å². The second kappa shape index (κ2) is 19.6. The molecule has 0 amide bonds. The third-order valence-corrected chi connectivity index (χ3v) is 24.6. The van der Waals surface area contributed by atoms with Crippen molar-refractivity contribution in [1.82, 2.24) is 19.5 Å². The van der Waals surface area contributed by atoms with Gasteiger partial charge in [-0.1, -0.05) is 285 Å². The minimum Gasteiger partial charge on any atom is -0.278 e. The van der Waals surface area contributed by atoms with Crippen molar-refractivity contribution in [3.63, 3.8) is 0 Å². The predicted octanol–water partition coefficient (Wildman–Crippen LogP) is 10.7. The van der Waals surface area contributed by atoms with Crippen LogP contribution in [0.5, 0.6) is 0 Å². The molecule has 0 unspecified atom stereocenters. The van der Waals surface area contributed by atoms with Gasteiger partial charge in [0.25, 0.3) is 0 Å². The Bertz CT molecular complexity index is 3680. The summed E-state index contributed by atoms with van der Waals surface area (Å²) in [6.07, 6.45) is 0. The van der Waals surface area contributed by atoms with Gasteiger partial charge < -0.3 is 0 Å². The Morgan fingerprint density at radius 1 is 0.227 bits per heavy atom. The molecule has 0 saturated carbocycles. The Balaban J connectivity index is 1.01. The Kier molecular flexibility index (Phi) is 11.9. The Morgan fingerprint density at radius 3 is 0.920 bits per heavy atom. The molecule has 0 atom stereocenters. The quantitative estimate of drug-likeness (QED) is 0.0905. The molecule has 0 saturated heterocycles. The summed E-state index contributed by atoms with van der Waals surface area (Å²) in [5.41, 5.74) is 6.20. The lowest BCUT2D eigenvalue weighted by atomic mass is 10.0. The van der Waals surface area contributed by atoms with Gasteiger partial charge in [-0.15, -0.1) is 0 Å². The van der Waals surface area contributed by atoms with Gasteiger partial charge in [0, 0.05) is 21.9 Å². The van der Waals surface area contributed by atoms with Gasteiger partial charge in [-0.05, 0) is 70.8 Å². The predicted molar refractivity (Wildman–Crippen MR) is 318 cm³/mol. The molecular formula is C69H50N4Si2. The molecule has 13 aromatic rings. The molecule has 354 valence electrons. The lowest BCUT2D eigenvalue weighted by Gasteiger charge is -2.34. The van der Waals surface area contributed by atoms with Crippen LogP contribution >= 0.6 is 0 Å². The number of fused-ring (bicyclic) bond motifs is 3. The van der Waals surface area contributed by atoms with E-state index in [2.05, 4.69) is 308 Å². The van der Waals surface area contributed by atoms with Crippen LogP contribution in [0, 0.1) is 0 Å². The van der Waals surface area contributed by atoms with Gasteiger partial charge in [0.2, 0.25) is 5.95 Å². The monoisotopic (exact) mass is 990 g/mol. The number of benzene rings is 11. The van der Waals surface area contributed by atoms with Crippen molar-refractivity contribution in [3.8, 4) is 39.9 Å². The molecular weight excluding hydrogens is 941 g/mol. The molecule has 2 heterocycles. The number of hydrogen-bond donors (Lipinski definition) is 0. The van der Waals surface area contributed by atoms with Crippen molar-refractivity contribution in [2.75, 3.05) is 0 Å². The fourth-order valence-electron chi connectivity index (χ4n) is 11.6. The topological polar surface area (TPSA) is 43.6 Å². The molecule has 6 heteroatoms. The third-order valence-electron chi connectivity index (χ3n) is 15.0. The molecule has 0 aliphatic carbocycles. The van der Waals surface area contributed by atoms with E-state index in [9.17, 15) is 0 Å². The highest BCUT2D eigenvalue weighted by Gasteiger charge is 2.42. The number of hydrogen-bond acceptors (Lipinski definition) is 3. The molecule has 0 aliphatic rings. The van der Waals surface area contributed by atoms with Gasteiger partial charge in [0.1, 0.15) is 0 Å². The van der Waals surface area contributed by atoms with E-state index >= 15 is 0 Å². The SMILES string of the molecule is c1ccc(-c2ccc3c(c2)c2ccccc2n3-c2nc(-c3ccc([Si](c4ccccc4)(c4ccccc4)c4ccccc4)cc3)nc(-c3ccc([Si](c4ccccc4)(c4ccccc4)c4ccccc4)cc3)n2)cc1. The second-order valence-electron chi connectivity index (χ2n) is 19.1. The van der Waals surface area contributed by atoms with Crippen LogP contribution in [0.1, 0.15) is 0 Å². The molecule has 75 heavy (non-hydrogen) atoms. The summed E-state index contributed by atoms with van der Waals surface area (Å²) < 4.78 is 2.22. The first-order valence-corrected chi connectivity index (χ1v) is 29.6. The highest BCUT2D eigenvalue weighted by Crippen LogP contribution is 2.35. The van der Waals surface area contributed by atoms with Crippen LogP contribution in [0.25, 0.3) is 61.7 Å². The van der Waals surface area contributed by atoms with E-state index in [-0.39, 0.29) is 0 Å². The minimum atomic E-state index is -2.78. The van der Waals surface area contributed by atoms with Crippen LogP contribution in [0.4, 0.5) is 0 Å². The molecule has 13 rings (SSSR count). The highest BCUT2D eigenvalue weighted by atomic mass is 28.3. The van der Waals surface area contributed by atoms with Crippen LogP contribution in [0.15, 0.2) is 303 Å². The number of aromatic nitrogens is 4. The average molecular weight is 991 g/mol. The van der Waals surface area contributed by atoms with E-state index in [1.165, 1.54) is 47.1 Å². The van der Waals surface area contributed by atoms with Crippen molar-refractivity contribution in [3.05, 3.63) is 303 Å². The Morgan fingerprint density at radius 2 is 0.533 bits per heavy atom. The van der Waals surface area contributed by atoms with Crippen molar-refractivity contribution < 1.29 is 0 Å². The van der Waals surface area contributed by atoms with Gasteiger partial charge >= 0.3 is 0 Å². The summed E-state index contributed by atoms with van der Waals surface area (Å²) in [5, 5.41) is 12.8. The standard InChI is InChI=1S/C69H50N4Si2/c1-8-24-51(25-9-1)54-44-49-66-64(50-54)63-38-22-23-39-65(63)73(66)69-71-67(52-40-45-61(46-41-52)74(55-26-10-2-11-27-55,56-28-12-3-13-29-56)57-30-14-4-15-31-57)70-68(72-69)53-42-47-62(48-43-53)75(58-32-16-5-17-33-58,59-34-18-6-19-35-59)60-36-20-7-21-37-60/h1-50H. The summed E-state index contributed by atoms with van der Waals surface area (Å²) in [6, 6.07) is 110. The second-order valence-corrected chi connectivity index (χ2v) is 26.7. The van der Waals surface area contributed by atoms with Crippen LogP contribution in [-0.2, 0) is 0 Å². The van der Waals surface area contributed by atoms with E-state index in [0.717, 1.165) is 38.5 Å². The van der Waals surface area contributed by atoms with E-state index in [1.54, 1.807) is 0 Å². The van der Waals surface area contributed by atoms with Crippen molar-refractivity contribution in [2.45, 2.75) is 0 Å². The summed E-state index contributed by atoms with van der Waals surface area (Å²) in [5.74, 6) is 1.76.